The number of nitrogens with zero attached hydrogens (tertiary/aromatic N) is 4. The van der Waals surface area contributed by atoms with E-state index in [1.165, 1.54) is 0 Å². The molecule has 0 saturated carbocycles. The van der Waals surface area contributed by atoms with Crippen molar-refractivity contribution in [1.82, 2.24) is 19.1 Å². The molecule has 2 aromatic heterocycles. The van der Waals surface area contributed by atoms with Crippen molar-refractivity contribution in [2.24, 2.45) is 0 Å². The molecule has 6 heteroatoms. The summed E-state index contributed by atoms with van der Waals surface area (Å²) < 4.78 is 5.55. The van der Waals surface area contributed by atoms with Gasteiger partial charge in [-0.2, -0.15) is 0 Å². The third kappa shape index (κ3) is 1.68. The van der Waals surface area contributed by atoms with Gasteiger partial charge in [0.2, 0.25) is 5.78 Å². The lowest BCUT2D eigenvalue weighted by Crippen LogP contribution is -2.10. The average Bonchev–Trinajstić information content (AvgIpc) is 2.84. The van der Waals surface area contributed by atoms with E-state index in [1.807, 2.05) is 11.5 Å². The first-order chi connectivity index (χ1) is 7.24. The van der Waals surface area contributed by atoms with E-state index < -0.39 is 0 Å². The fourth-order valence-electron chi connectivity index (χ4n) is 1.31. The smallest absolute Gasteiger partial charge is 0.241 e. The quantitative estimate of drug-likeness (QED) is 0.734. The van der Waals surface area contributed by atoms with Crippen molar-refractivity contribution >= 4 is 17.3 Å². The molecule has 0 radical (unpaired) electrons. The zero-order valence-electron chi connectivity index (χ0n) is 8.47. The van der Waals surface area contributed by atoms with Crippen molar-refractivity contribution in [3.8, 4) is 0 Å². The number of carbonyl (C=O) groups is 1. The Morgan fingerprint density at radius 1 is 1.60 bits per heavy atom. The molecule has 0 saturated heterocycles. The SMILES string of the molecule is CCn1ccnc1C(=O)c1snnc1C. The number of imidazole rings is 1. The first-order valence-corrected chi connectivity index (χ1v) is 5.36. The molecular formula is C9H10N4OS. The zero-order valence-corrected chi connectivity index (χ0v) is 9.28. The Morgan fingerprint density at radius 2 is 2.40 bits per heavy atom. The first-order valence-electron chi connectivity index (χ1n) is 4.58. The first kappa shape index (κ1) is 9.97. The number of aryl methyl sites for hydroxylation is 2. The summed E-state index contributed by atoms with van der Waals surface area (Å²) in [6.07, 6.45) is 3.41. The third-order valence-electron chi connectivity index (χ3n) is 2.12. The van der Waals surface area contributed by atoms with Crippen molar-refractivity contribution in [1.29, 1.82) is 0 Å². The van der Waals surface area contributed by atoms with Crippen LogP contribution >= 0.6 is 11.5 Å². The van der Waals surface area contributed by atoms with Gasteiger partial charge in [0.15, 0.2) is 5.82 Å². The Bertz CT molecular complexity index is 488. The monoisotopic (exact) mass is 222 g/mol. The van der Waals surface area contributed by atoms with Crippen LogP contribution in [0.25, 0.3) is 0 Å². The van der Waals surface area contributed by atoms with Gasteiger partial charge >= 0.3 is 0 Å². The van der Waals surface area contributed by atoms with Gasteiger partial charge < -0.3 is 4.57 Å². The van der Waals surface area contributed by atoms with Crippen molar-refractivity contribution < 1.29 is 4.79 Å². The highest BCUT2D eigenvalue weighted by molar-refractivity contribution is 7.08. The lowest BCUT2D eigenvalue weighted by atomic mass is 10.2. The van der Waals surface area contributed by atoms with Gasteiger partial charge in [-0.1, -0.05) is 4.49 Å². The Hall–Kier alpha value is -1.56. The number of hydrogen-bond acceptors (Lipinski definition) is 5. The second kappa shape index (κ2) is 3.90. The summed E-state index contributed by atoms with van der Waals surface area (Å²) in [6.45, 7) is 4.47. The summed E-state index contributed by atoms with van der Waals surface area (Å²) in [5, 5.41) is 3.81. The lowest BCUT2D eigenvalue weighted by Gasteiger charge is -2.01. The van der Waals surface area contributed by atoms with Crippen LogP contribution in [0, 0.1) is 6.92 Å². The molecule has 0 atom stereocenters. The van der Waals surface area contributed by atoms with E-state index in [0.717, 1.165) is 18.1 Å². The molecule has 0 bridgehead atoms. The minimum absolute atomic E-state index is 0.102. The van der Waals surface area contributed by atoms with Crippen LogP contribution in [0.4, 0.5) is 0 Å². The molecule has 0 aromatic carbocycles. The van der Waals surface area contributed by atoms with Crippen LogP contribution in [0.2, 0.25) is 0 Å². The van der Waals surface area contributed by atoms with Crippen LogP contribution in [0.5, 0.6) is 0 Å². The zero-order chi connectivity index (χ0) is 10.8. The molecule has 78 valence electrons. The predicted molar refractivity (Wildman–Crippen MR) is 56.0 cm³/mol. The van der Waals surface area contributed by atoms with Crippen LogP contribution in [-0.2, 0) is 6.54 Å². The molecule has 2 aromatic rings. The maximum Gasteiger partial charge on any atom is 0.241 e. The van der Waals surface area contributed by atoms with Crippen LogP contribution in [-0.4, -0.2) is 24.9 Å². The van der Waals surface area contributed by atoms with Crippen molar-refractivity contribution in [3.05, 3.63) is 28.8 Å². The average molecular weight is 222 g/mol. The van der Waals surface area contributed by atoms with Gasteiger partial charge in [-0.3, -0.25) is 4.79 Å². The van der Waals surface area contributed by atoms with Crippen LogP contribution in [0.3, 0.4) is 0 Å². The van der Waals surface area contributed by atoms with Crippen molar-refractivity contribution in [3.63, 3.8) is 0 Å². The minimum atomic E-state index is -0.102. The largest absolute Gasteiger partial charge is 0.328 e. The van der Waals surface area contributed by atoms with Crippen LogP contribution in [0.1, 0.15) is 28.1 Å². The fraction of sp³-hybridized carbons (Fsp3) is 0.333. The lowest BCUT2D eigenvalue weighted by molar-refractivity contribution is 0.102. The minimum Gasteiger partial charge on any atom is -0.328 e. The fourth-order valence-corrected chi connectivity index (χ4v) is 1.91. The predicted octanol–water partition coefficient (Wildman–Crippen LogP) is 1.29. The summed E-state index contributed by atoms with van der Waals surface area (Å²) in [5.41, 5.74) is 0.663. The summed E-state index contributed by atoms with van der Waals surface area (Å²) in [7, 11) is 0. The molecule has 5 nitrogen and oxygen atoms in total. The van der Waals surface area contributed by atoms with Crippen LogP contribution in [0.15, 0.2) is 12.4 Å². The normalized spacial score (nSPS) is 10.5. The molecular weight excluding hydrogens is 212 g/mol. The number of carbonyl (C=O) groups excluding carboxylic acids is 1. The number of hydrogen-bond donors (Lipinski definition) is 0. The Morgan fingerprint density at radius 3 is 3.00 bits per heavy atom. The topological polar surface area (TPSA) is 60.7 Å². The standard InChI is InChI=1S/C9H10N4OS/c1-3-13-5-4-10-9(13)7(14)8-6(2)11-12-15-8/h4-5H,3H2,1-2H3. The highest BCUT2D eigenvalue weighted by atomic mass is 32.1. The summed E-state index contributed by atoms with van der Waals surface area (Å²) in [6, 6.07) is 0. The van der Waals surface area contributed by atoms with E-state index in [-0.39, 0.29) is 5.78 Å². The van der Waals surface area contributed by atoms with E-state index >= 15 is 0 Å². The maximum atomic E-state index is 12.0. The van der Waals surface area contributed by atoms with Gasteiger partial charge in [-0.05, 0) is 25.4 Å². The van der Waals surface area contributed by atoms with E-state index in [2.05, 4.69) is 14.6 Å². The number of aromatic nitrogens is 4. The molecule has 0 aliphatic carbocycles. The molecule has 0 unspecified atom stereocenters. The third-order valence-corrected chi connectivity index (χ3v) is 2.94. The molecule has 2 rings (SSSR count). The number of ketones is 1. The van der Waals surface area contributed by atoms with Gasteiger partial charge in [-0.25, -0.2) is 4.98 Å². The van der Waals surface area contributed by atoms with E-state index in [9.17, 15) is 4.79 Å². The van der Waals surface area contributed by atoms with Crippen molar-refractivity contribution in [2.45, 2.75) is 20.4 Å². The Balaban J connectivity index is 2.41. The molecule has 0 N–H and O–H groups in total. The maximum absolute atomic E-state index is 12.0. The van der Waals surface area contributed by atoms with Crippen molar-refractivity contribution in [2.75, 3.05) is 0 Å². The molecule has 15 heavy (non-hydrogen) atoms. The summed E-state index contributed by atoms with van der Waals surface area (Å²) >= 11 is 1.11. The highest BCUT2D eigenvalue weighted by Gasteiger charge is 2.19. The Kier molecular flexibility index (Phi) is 2.59. The van der Waals surface area contributed by atoms with E-state index in [4.69, 9.17) is 0 Å². The molecule has 0 aliphatic heterocycles. The van der Waals surface area contributed by atoms with Gasteiger partial charge in [0.1, 0.15) is 4.88 Å². The van der Waals surface area contributed by atoms with Crippen LogP contribution < -0.4 is 0 Å². The highest BCUT2D eigenvalue weighted by Crippen LogP contribution is 2.14. The van der Waals surface area contributed by atoms with E-state index in [0.29, 0.717) is 16.4 Å². The number of rotatable bonds is 3. The Labute approximate surface area is 90.9 Å². The van der Waals surface area contributed by atoms with E-state index in [1.54, 1.807) is 19.3 Å². The second-order valence-electron chi connectivity index (χ2n) is 3.05. The molecule has 0 aliphatic rings. The summed E-state index contributed by atoms with van der Waals surface area (Å²) in [4.78, 5) is 16.6. The van der Waals surface area contributed by atoms with Gasteiger partial charge in [0.25, 0.3) is 0 Å². The van der Waals surface area contributed by atoms with Gasteiger partial charge in [0.05, 0.1) is 5.69 Å². The second-order valence-corrected chi connectivity index (χ2v) is 3.81. The molecule has 0 amide bonds. The molecule has 0 fully saturated rings. The van der Waals surface area contributed by atoms with Gasteiger partial charge in [-0.15, -0.1) is 5.10 Å². The molecule has 0 spiro atoms. The van der Waals surface area contributed by atoms with Gasteiger partial charge in [0, 0.05) is 18.9 Å². The molecule has 2 heterocycles. The summed E-state index contributed by atoms with van der Waals surface area (Å²) in [5.74, 6) is 0.348.